The zero-order chi connectivity index (χ0) is 41.0. The summed E-state index contributed by atoms with van der Waals surface area (Å²) in [6.45, 7) is 11.2. The Hall–Kier alpha value is -5.18. The Morgan fingerprint density at radius 1 is 0.433 bits per heavy atom. The lowest BCUT2D eigenvalue weighted by molar-refractivity contribution is 0.141. The molecule has 0 bridgehead atoms. The van der Waals surface area contributed by atoms with E-state index in [1.54, 1.807) is 0 Å². The molecule has 2 atom stereocenters. The molecule has 0 spiro atoms. The van der Waals surface area contributed by atoms with Gasteiger partial charge < -0.3 is 0 Å². The smallest absolute Gasteiger partial charge is 0.0736 e. The van der Waals surface area contributed by atoms with Gasteiger partial charge in [0.15, 0.2) is 0 Å². The maximum atomic E-state index is 15.5. The predicted molar refractivity (Wildman–Crippen MR) is 254 cm³/mol. The second-order valence-electron chi connectivity index (χ2n) is 19.1. The van der Waals surface area contributed by atoms with Crippen molar-refractivity contribution in [2.75, 3.05) is 13.1 Å². The van der Waals surface area contributed by atoms with Crippen molar-refractivity contribution in [3.8, 4) is 0 Å². The van der Waals surface area contributed by atoms with Crippen molar-refractivity contribution in [3.05, 3.63) is 192 Å². The molecule has 1 aliphatic carbocycles. The van der Waals surface area contributed by atoms with E-state index in [2.05, 4.69) is 207 Å². The van der Waals surface area contributed by atoms with Crippen molar-refractivity contribution >= 4 is 51.2 Å². The summed E-state index contributed by atoms with van der Waals surface area (Å²) in [4.78, 5) is 0. The van der Waals surface area contributed by atoms with Gasteiger partial charge in [-0.05, 0) is 93.6 Å². The van der Waals surface area contributed by atoms with E-state index in [1.807, 2.05) is 0 Å². The van der Waals surface area contributed by atoms with Crippen LogP contribution in [-0.2, 0) is 4.57 Å². The summed E-state index contributed by atoms with van der Waals surface area (Å²) < 4.78 is 20.4. The molecule has 0 amide bonds. The Kier molecular flexibility index (Phi) is 10.2. The van der Waals surface area contributed by atoms with Gasteiger partial charge in [-0.15, -0.1) is 0 Å². The van der Waals surface area contributed by atoms with E-state index in [4.69, 9.17) is 0 Å². The van der Waals surface area contributed by atoms with Crippen LogP contribution in [0.2, 0.25) is 0 Å². The van der Waals surface area contributed by atoms with Crippen molar-refractivity contribution in [2.24, 2.45) is 10.8 Å². The Labute approximate surface area is 356 Å². The van der Waals surface area contributed by atoms with E-state index in [-0.39, 0.29) is 34.7 Å². The van der Waals surface area contributed by atoms with E-state index in [0.29, 0.717) is 0 Å². The molecule has 8 aromatic carbocycles. The van der Waals surface area contributed by atoms with E-state index < -0.39 is 8.10 Å². The molecule has 0 aromatic heterocycles. The van der Waals surface area contributed by atoms with Crippen LogP contribution < -0.4 is 0 Å². The van der Waals surface area contributed by atoms with Crippen molar-refractivity contribution in [3.63, 3.8) is 0 Å². The Bertz CT molecular complexity index is 2530. The summed E-state index contributed by atoms with van der Waals surface area (Å²) in [5.41, 5.74) is 4.79. The van der Waals surface area contributed by atoms with Gasteiger partial charge >= 0.3 is 8.10 Å². The molecular weight excluding hydrogens is 748 g/mol. The number of hydrogen-bond donors (Lipinski definition) is 0. The fourth-order valence-corrected chi connectivity index (χ4v) is 13.6. The summed E-state index contributed by atoms with van der Waals surface area (Å²) >= 11 is 0. The lowest BCUT2D eigenvalue weighted by Crippen LogP contribution is -2.45. The zero-order valence-corrected chi connectivity index (χ0v) is 36.4. The summed E-state index contributed by atoms with van der Waals surface area (Å²) in [7, 11) is -1.79. The van der Waals surface area contributed by atoms with Crippen molar-refractivity contribution in [1.29, 1.82) is 0 Å². The maximum Gasteiger partial charge on any atom is 0.538 e. The van der Waals surface area contributed by atoms with Crippen molar-refractivity contribution in [2.45, 2.75) is 77.3 Å². The lowest BCUT2D eigenvalue weighted by atomic mass is 9.70. The monoisotopic (exact) mass is 803 g/mol. The maximum absolute atomic E-state index is 15.5. The van der Waals surface area contributed by atoms with Gasteiger partial charge in [0.05, 0.1) is 25.2 Å². The predicted octanol–water partition coefficient (Wildman–Crippen LogP) is 14.9. The SMILES string of the molecule is CC(C)(CN1[C@@H]2CCCC[C@H]2N(CC(C)(C)C(c2ccc3ccccc3c2)c2ccc3ccccc3c2)[P+]1=O)C(c1ccc2ccccc2c1)c1ccc2ccccc2c1. The first-order valence-electron chi connectivity index (χ1n) is 22.1. The third-order valence-corrected chi connectivity index (χ3v) is 15.8. The fraction of sp³-hybridized carbons (Fsp3) is 0.286. The van der Waals surface area contributed by atoms with E-state index in [1.165, 1.54) is 78.2 Å². The van der Waals surface area contributed by atoms with Gasteiger partial charge in [-0.1, -0.05) is 220 Å². The first-order chi connectivity index (χ1) is 29.1. The molecule has 2 aliphatic rings. The van der Waals surface area contributed by atoms with Crippen LogP contribution in [-0.4, -0.2) is 34.5 Å². The van der Waals surface area contributed by atoms with Crippen LogP contribution in [0.25, 0.3) is 43.1 Å². The van der Waals surface area contributed by atoms with Gasteiger partial charge in [0.1, 0.15) is 0 Å². The van der Waals surface area contributed by atoms with Crippen LogP contribution in [0.5, 0.6) is 0 Å². The van der Waals surface area contributed by atoms with Crippen molar-refractivity contribution < 1.29 is 4.57 Å². The van der Waals surface area contributed by atoms with Crippen LogP contribution in [0, 0.1) is 10.8 Å². The average molecular weight is 804 g/mol. The number of nitrogens with zero attached hydrogens (tertiary/aromatic N) is 2. The molecule has 4 heteroatoms. The number of benzene rings is 8. The summed E-state index contributed by atoms with van der Waals surface area (Å²) in [5, 5.41) is 10.1. The molecule has 1 aliphatic heterocycles. The summed E-state index contributed by atoms with van der Waals surface area (Å²) in [5.74, 6) is 0.209. The molecule has 3 nitrogen and oxygen atoms in total. The van der Waals surface area contributed by atoms with Crippen molar-refractivity contribution in [1.82, 2.24) is 9.34 Å². The minimum atomic E-state index is -1.79. The highest BCUT2D eigenvalue weighted by atomic mass is 31.1. The standard InChI is InChI=1S/C56H56N2OP/c1-55(2,53(47-29-25-39-15-5-9-19-43(39)33-47)48-30-26-40-16-6-10-20-44(40)34-48)37-57-51-23-13-14-24-52(51)58(60(57)59)38-56(3,4)54(49-31-27-41-17-7-11-21-45(41)35-49)50-32-28-42-18-8-12-22-46(42)36-50/h5-12,15-22,25-36,51-54H,13-14,23-24,37-38H2,1-4H3/q+1/t51-,52-/m1/s1. The number of fused-ring (bicyclic) bond motifs is 5. The molecule has 0 N–H and O–H groups in total. The minimum absolute atomic E-state index is 0.104. The molecule has 8 aromatic rings. The topological polar surface area (TPSA) is 23.6 Å². The largest absolute Gasteiger partial charge is 0.538 e. The van der Waals surface area contributed by atoms with Gasteiger partial charge in [-0.3, -0.25) is 0 Å². The summed E-state index contributed by atoms with van der Waals surface area (Å²) in [6.07, 6.45) is 4.56. The van der Waals surface area contributed by atoms with Gasteiger partial charge in [-0.2, -0.15) is 0 Å². The molecular formula is C56H56N2OP+. The lowest BCUT2D eigenvalue weighted by Gasteiger charge is -2.38. The summed E-state index contributed by atoms with van der Waals surface area (Å²) in [6, 6.07) is 63.4. The van der Waals surface area contributed by atoms with E-state index in [0.717, 1.165) is 25.9 Å². The molecule has 300 valence electrons. The molecule has 2 fully saturated rings. The molecule has 0 unspecified atom stereocenters. The second-order valence-corrected chi connectivity index (χ2v) is 20.7. The fourth-order valence-electron chi connectivity index (χ4n) is 11.3. The molecule has 60 heavy (non-hydrogen) atoms. The molecule has 0 radical (unpaired) electrons. The van der Waals surface area contributed by atoms with Crippen LogP contribution in [0.15, 0.2) is 170 Å². The highest BCUT2D eigenvalue weighted by molar-refractivity contribution is 7.39. The minimum Gasteiger partial charge on any atom is -0.0736 e. The normalized spacial score (nSPS) is 18.1. The quantitative estimate of drug-likeness (QED) is 0.129. The zero-order valence-electron chi connectivity index (χ0n) is 35.5. The van der Waals surface area contributed by atoms with Crippen LogP contribution >= 0.6 is 8.10 Å². The Morgan fingerprint density at radius 2 is 0.700 bits per heavy atom. The van der Waals surface area contributed by atoms with Gasteiger partial charge in [-0.25, -0.2) is 0 Å². The molecule has 10 rings (SSSR count). The number of rotatable bonds is 10. The first kappa shape index (κ1) is 39.0. The molecule has 1 saturated carbocycles. The Balaban J connectivity index is 1.02. The highest BCUT2D eigenvalue weighted by Crippen LogP contribution is 2.56. The second kappa shape index (κ2) is 15.7. The van der Waals surface area contributed by atoms with Gasteiger partial charge in [0.2, 0.25) is 0 Å². The van der Waals surface area contributed by atoms with Gasteiger partial charge in [0.25, 0.3) is 0 Å². The third-order valence-electron chi connectivity index (χ3n) is 14.0. The van der Waals surface area contributed by atoms with Crippen LogP contribution in [0.1, 0.15) is 87.5 Å². The Morgan fingerprint density at radius 3 is 0.983 bits per heavy atom. The number of hydrogen-bond acceptors (Lipinski definition) is 1. The molecule has 1 saturated heterocycles. The highest BCUT2D eigenvalue weighted by Gasteiger charge is 2.60. The van der Waals surface area contributed by atoms with Gasteiger partial charge in [0, 0.05) is 11.8 Å². The molecule has 1 heterocycles. The first-order valence-corrected chi connectivity index (χ1v) is 23.2. The van der Waals surface area contributed by atoms with Crippen LogP contribution in [0.3, 0.4) is 0 Å². The van der Waals surface area contributed by atoms with Crippen LogP contribution in [0.4, 0.5) is 0 Å². The average Bonchev–Trinajstić information content (AvgIpc) is 3.51. The third kappa shape index (κ3) is 7.26. The van der Waals surface area contributed by atoms with E-state index in [9.17, 15) is 0 Å². The van der Waals surface area contributed by atoms with E-state index >= 15 is 4.57 Å².